The van der Waals surface area contributed by atoms with Crippen LogP contribution in [-0.4, -0.2) is 27.6 Å². The van der Waals surface area contributed by atoms with E-state index in [2.05, 4.69) is 20.4 Å². The molecule has 0 unspecified atom stereocenters. The van der Waals surface area contributed by atoms with Crippen LogP contribution in [0.25, 0.3) is 22.4 Å². The van der Waals surface area contributed by atoms with Crippen LogP contribution >= 0.6 is 0 Å². The number of ether oxygens (including phenoxy) is 1. The van der Waals surface area contributed by atoms with Crippen LogP contribution in [0.1, 0.15) is 24.4 Å². The van der Waals surface area contributed by atoms with Crippen molar-refractivity contribution >= 4 is 17.0 Å². The summed E-state index contributed by atoms with van der Waals surface area (Å²) in [6.45, 7) is 3.31. The van der Waals surface area contributed by atoms with E-state index >= 15 is 0 Å². The number of hydrogen-bond acceptors (Lipinski definition) is 6. The average Bonchev–Trinajstić information content (AvgIpc) is 3.16. The summed E-state index contributed by atoms with van der Waals surface area (Å²) in [6.07, 6.45) is 0. The van der Waals surface area contributed by atoms with Gasteiger partial charge in [-0.15, -0.1) is 0 Å². The van der Waals surface area contributed by atoms with E-state index in [1.54, 1.807) is 19.1 Å². The zero-order chi connectivity index (χ0) is 21.1. The topological polar surface area (TPSA) is 90.1 Å². The molecule has 2 aromatic heterocycles. The van der Waals surface area contributed by atoms with E-state index in [0.29, 0.717) is 22.5 Å². The Morgan fingerprint density at radius 1 is 1.17 bits per heavy atom. The number of rotatable bonds is 6. The summed E-state index contributed by atoms with van der Waals surface area (Å²) >= 11 is 0. The first kappa shape index (κ1) is 19.5. The smallest absolute Gasteiger partial charge is 0.265 e. The maximum absolute atomic E-state index is 13.7. The molecule has 7 nitrogen and oxygen atoms in total. The van der Waals surface area contributed by atoms with Gasteiger partial charge in [0.2, 0.25) is 5.88 Å². The van der Waals surface area contributed by atoms with Gasteiger partial charge in [-0.25, -0.2) is 4.39 Å². The summed E-state index contributed by atoms with van der Waals surface area (Å²) in [5.74, 6) is -0.161. The predicted molar refractivity (Wildman–Crippen MR) is 108 cm³/mol. The molecule has 2 heterocycles. The van der Waals surface area contributed by atoms with Crippen molar-refractivity contribution in [1.82, 2.24) is 20.4 Å². The highest BCUT2D eigenvalue weighted by Gasteiger charge is 2.20. The summed E-state index contributed by atoms with van der Waals surface area (Å²) < 4.78 is 24.6. The lowest BCUT2D eigenvalue weighted by molar-refractivity contribution is -0.123. The molecule has 0 aliphatic carbocycles. The van der Waals surface area contributed by atoms with Gasteiger partial charge in [0.1, 0.15) is 22.7 Å². The minimum absolute atomic E-state index is 0.153. The molecule has 0 saturated heterocycles. The second kappa shape index (κ2) is 8.28. The quantitative estimate of drug-likeness (QED) is 0.521. The van der Waals surface area contributed by atoms with Gasteiger partial charge in [0.15, 0.2) is 6.61 Å². The van der Waals surface area contributed by atoms with Crippen LogP contribution in [-0.2, 0) is 4.79 Å². The number of nitrogens with one attached hydrogen (secondary N) is 1. The first-order valence-corrected chi connectivity index (χ1v) is 9.38. The Kier molecular flexibility index (Phi) is 5.38. The van der Waals surface area contributed by atoms with Gasteiger partial charge in [0, 0.05) is 5.56 Å². The third kappa shape index (κ3) is 4.12. The maximum atomic E-state index is 13.7. The highest BCUT2D eigenvalue weighted by atomic mass is 19.1. The van der Waals surface area contributed by atoms with Gasteiger partial charge < -0.3 is 14.6 Å². The summed E-state index contributed by atoms with van der Waals surface area (Å²) in [5.41, 5.74) is 2.03. The Hall–Kier alpha value is -3.81. The first-order valence-electron chi connectivity index (χ1n) is 9.38. The number of nitrogens with zero attached hydrogens (tertiary/aromatic N) is 3. The fourth-order valence-corrected chi connectivity index (χ4v) is 3.10. The minimum Gasteiger partial charge on any atom is -0.467 e. The van der Waals surface area contributed by atoms with Gasteiger partial charge in [0.05, 0.1) is 6.04 Å². The second-order valence-electron chi connectivity index (χ2n) is 6.79. The number of aromatic nitrogens is 3. The van der Waals surface area contributed by atoms with Crippen molar-refractivity contribution in [3.63, 3.8) is 0 Å². The zero-order valence-electron chi connectivity index (χ0n) is 16.4. The summed E-state index contributed by atoms with van der Waals surface area (Å²) in [7, 11) is 0. The Morgan fingerprint density at radius 2 is 1.97 bits per heavy atom. The van der Waals surface area contributed by atoms with Crippen molar-refractivity contribution in [1.29, 1.82) is 0 Å². The number of carbonyl (C=O) groups is 1. The van der Waals surface area contributed by atoms with E-state index in [1.165, 1.54) is 12.1 Å². The Labute approximate surface area is 171 Å². The summed E-state index contributed by atoms with van der Waals surface area (Å²) in [6, 6.07) is 15.4. The molecule has 152 valence electrons. The minimum atomic E-state index is -0.409. The molecule has 0 fully saturated rings. The standard InChI is InChI=1S/C22H19FN4O3/c1-13(15-7-4-3-5-8-15)24-18(28)12-29-21-19-20(16-9-6-10-17(23)11-16)27-30-22(19)26-14(2)25-21/h3-11,13H,12H2,1-2H3,(H,24,28)/t13-/m0/s1. The van der Waals surface area contributed by atoms with Gasteiger partial charge in [-0.05, 0) is 31.5 Å². The number of hydrogen-bond donors (Lipinski definition) is 1. The Morgan fingerprint density at radius 3 is 2.73 bits per heavy atom. The molecule has 0 spiro atoms. The van der Waals surface area contributed by atoms with Gasteiger partial charge in [0.25, 0.3) is 11.6 Å². The molecule has 0 bridgehead atoms. The van der Waals surface area contributed by atoms with Crippen LogP contribution in [0.15, 0.2) is 59.1 Å². The zero-order valence-corrected chi connectivity index (χ0v) is 16.4. The lowest BCUT2D eigenvalue weighted by atomic mass is 10.1. The van der Waals surface area contributed by atoms with Gasteiger partial charge in [-0.3, -0.25) is 4.79 Å². The van der Waals surface area contributed by atoms with Crippen molar-refractivity contribution < 1.29 is 18.4 Å². The highest BCUT2D eigenvalue weighted by molar-refractivity contribution is 5.93. The van der Waals surface area contributed by atoms with Crippen molar-refractivity contribution in [2.24, 2.45) is 0 Å². The molecule has 0 aliphatic rings. The lowest BCUT2D eigenvalue weighted by Crippen LogP contribution is -2.31. The monoisotopic (exact) mass is 406 g/mol. The lowest BCUT2D eigenvalue weighted by Gasteiger charge is -2.14. The normalized spacial score (nSPS) is 12.0. The molecule has 0 saturated carbocycles. The van der Waals surface area contributed by atoms with Crippen LogP contribution in [0.3, 0.4) is 0 Å². The molecule has 1 amide bonds. The number of amides is 1. The number of carbonyl (C=O) groups excluding carboxylic acids is 1. The molecule has 1 N–H and O–H groups in total. The largest absolute Gasteiger partial charge is 0.467 e. The van der Waals surface area contributed by atoms with Crippen LogP contribution in [0, 0.1) is 12.7 Å². The fraction of sp³-hybridized carbons (Fsp3) is 0.182. The third-order valence-corrected chi connectivity index (χ3v) is 4.53. The first-order chi connectivity index (χ1) is 14.5. The summed E-state index contributed by atoms with van der Waals surface area (Å²) in [4.78, 5) is 20.9. The number of halogens is 1. The third-order valence-electron chi connectivity index (χ3n) is 4.53. The van der Waals surface area contributed by atoms with Gasteiger partial charge in [-0.1, -0.05) is 47.6 Å². The molecule has 0 aliphatic heterocycles. The second-order valence-corrected chi connectivity index (χ2v) is 6.79. The maximum Gasteiger partial charge on any atom is 0.265 e. The van der Waals surface area contributed by atoms with Crippen LogP contribution in [0.4, 0.5) is 4.39 Å². The Balaban J connectivity index is 1.56. The van der Waals surface area contributed by atoms with Gasteiger partial charge in [-0.2, -0.15) is 9.97 Å². The molecule has 4 aromatic rings. The van der Waals surface area contributed by atoms with E-state index in [1.807, 2.05) is 37.3 Å². The van der Waals surface area contributed by atoms with Gasteiger partial charge >= 0.3 is 0 Å². The highest BCUT2D eigenvalue weighted by Crippen LogP contribution is 2.33. The van der Waals surface area contributed by atoms with E-state index < -0.39 is 5.82 Å². The predicted octanol–water partition coefficient (Wildman–Crippen LogP) is 3.99. The van der Waals surface area contributed by atoms with Crippen LogP contribution in [0.2, 0.25) is 0 Å². The average molecular weight is 406 g/mol. The molecule has 2 aromatic carbocycles. The number of aryl methyl sites for hydroxylation is 1. The number of benzene rings is 2. The van der Waals surface area contributed by atoms with Crippen molar-refractivity contribution in [2.75, 3.05) is 6.61 Å². The molecule has 30 heavy (non-hydrogen) atoms. The van der Waals surface area contributed by atoms with E-state index in [0.717, 1.165) is 5.56 Å². The molecule has 4 rings (SSSR count). The SMILES string of the molecule is Cc1nc(OCC(=O)N[C@@H](C)c2ccccc2)c2c(-c3cccc(F)c3)noc2n1. The van der Waals surface area contributed by atoms with Crippen molar-refractivity contribution in [2.45, 2.75) is 19.9 Å². The Bertz CT molecular complexity index is 1190. The van der Waals surface area contributed by atoms with Crippen LogP contribution < -0.4 is 10.1 Å². The molecular formula is C22H19FN4O3. The van der Waals surface area contributed by atoms with E-state index in [4.69, 9.17) is 9.26 Å². The van der Waals surface area contributed by atoms with Crippen molar-refractivity contribution in [3.05, 3.63) is 71.8 Å². The molecule has 8 heteroatoms. The van der Waals surface area contributed by atoms with E-state index in [-0.39, 0.29) is 30.1 Å². The number of fused-ring (bicyclic) bond motifs is 1. The molecule has 1 atom stereocenters. The molecule has 0 radical (unpaired) electrons. The fourth-order valence-electron chi connectivity index (χ4n) is 3.10. The summed E-state index contributed by atoms with van der Waals surface area (Å²) in [5, 5.41) is 7.26. The van der Waals surface area contributed by atoms with E-state index in [9.17, 15) is 9.18 Å². The van der Waals surface area contributed by atoms with Crippen molar-refractivity contribution in [3.8, 4) is 17.1 Å². The van der Waals surface area contributed by atoms with Crippen LogP contribution in [0.5, 0.6) is 5.88 Å². The molecular weight excluding hydrogens is 387 g/mol.